The molecule has 0 saturated carbocycles. The number of rotatable bonds is 3. The van der Waals surface area contributed by atoms with E-state index in [0.717, 1.165) is 12.8 Å². The Labute approximate surface area is 131 Å². The molecule has 1 saturated heterocycles. The Morgan fingerprint density at radius 3 is 2.68 bits per heavy atom. The van der Waals surface area contributed by atoms with E-state index in [1.165, 1.54) is 0 Å². The van der Waals surface area contributed by atoms with Crippen LogP contribution in [0.3, 0.4) is 0 Å². The molecule has 2 heterocycles. The highest BCUT2D eigenvalue weighted by atomic mass is 32.2. The minimum Gasteiger partial charge on any atom is -0.454 e. The SMILES string of the molecule is Cc1cc2c(cc1S(=O)(=O)N1CCCC(C(C)N)C1)OCO2. The van der Waals surface area contributed by atoms with Crippen LogP contribution < -0.4 is 15.2 Å². The lowest BCUT2D eigenvalue weighted by Gasteiger charge is -2.34. The summed E-state index contributed by atoms with van der Waals surface area (Å²) in [6.07, 6.45) is 1.82. The van der Waals surface area contributed by atoms with Crippen LogP contribution in [0.5, 0.6) is 11.5 Å². The average molecular weight is 326 g/mol. The highest BCUT2D eigenvalue weighted by Crippen LogP contribution is 2.37. The minimum absolute atomic E-state index is 0.00384. The quantitative estimate of drug-likeness (QED) is 0.909. The van der Waals surface area contributed by atoms with Crippen molar-refractivity contribution in [2.75, 3.05) is 19.9 Å². The molecule has 1 fully saturated rings. The number of nitrogens with zero attached hydrogens (tertiary/aromatic N) is 1. The van der Waals surface area contributed by atoms with E-state index in [1.807, 2.05) is 6.92 Å². The van der Waals surface area contributed by atoms with E-state index in [2.05, 4.69) is 0 Å². The van der Waals surface area contributed by atoms with Gasteiger partial charge in [0.25, 0.3) is 0 Å². The Bertz CT molecular complexity index is 672. The van der Waals surface area contributed by atoms with Gasteiger partial charge in [0, 0.05) is 25.2 Å². The molecule has 7 heteroatoms. The van der Waals surface area contributed by atoms with Crippen LogP contribution >= 0.6 is 0 Å². The highest BCUT2D eigenvalue weighted by Gasteiger charge is 2.33. The van der Waals surface area contributed by atoms with Gasteiger partial charge in [-0.2, -0.15) is 4.31 Å². The first-order chi connectivity index (χ1) is 10.4. The summed E-state index contributed by atoms with van der Waals surface area (Å²) in [6.45, 7) is 4.87. The Balaban J connectivity index is 1.93. The van der Waals surface area contributed by atoms with Crippen molar-refractivity contribution >= 4 is 10.0 Å². The van der Waals surface area contributed by atoms with Crippen LogP contribution in [-0.4, -0.2) is 38.6 Å². The van der Waals surface area contributed by atoms with Gasteiger partial charge in [0.15, 0.2) is 11.5 Å². The molecule has 122 valence electrons. The fourth-order valence-electron chi connectivity index (χ4n) is 3.06. The summed E-state index contributed by atoms with van der Waals surface area (Å²) >= 11 is 0. The Kier molecular flexibility index (Phi) is 4.05. The molecule has 0 radical (unpaired) electrons. The third kappa shape index (κ3) is 2.68. The molecule has 2 unspecified atom stereocenters. The van der Waals surface area contributed by atoms with Crippen LogP contribution in [-0.2, 0) is 10.0 Å². The van der Waals surface area contributed by atoms with Gasteiger partial charge in [0.2, 0.25) is 16.8 Å². The Morgan fingerprint density at radius 2 is 2.00 bits per heavy atom. The molecule has 22 heavy (non-hydrogen) atoms. The molecule has 2 atom stereocenters. The first-order valence-corrected chi connectivity index (χ1v) is 8.99. The molecule has 1 aromatic rings. The molecule has 0 aromatic heterocycles. The summed E-state index contributed by atoms with van der Waals surface area (Å²) in [5.41, 5.74) is 6.63. The van der Waals surface area contributed by atoms with E-state index in [0.29, 0.717) is 35.0 Å². The molecule has 6 nitrogen and oxygen atoms in total. The topological polar surface area (TPSA) is 81.9 Å². The maximum atomic E-state index is 13.0. The molecule has 3 rings (SSSR count). The van der Waals surface area contributed by atoms with Crippen LogP contribution in [0.1, 0.15) is 25.3 Å². The van der Waals surface area contributed by atoms with E-state index in [1.54, 1.807) is 23.4 Å². The normalized spacial score (nSPS) is 23.5. The number of piperidine rings is 1. The predicted molar refractivity (Wildman–Crippen MR) is 82.4 cm³/mol. The molecule has 0 amide bonds. The lowest BCUT2D eigenvalue weighted by atomic mass is 9.93. The van der Waals surface area contributed by atoms with Gasteiger partial charge in [-0.15, -0.1) is 0 Å². The largest absolute Gasteiger partial charge is 0.454 e. The fraction of sp³-hybridized carbons (Fsp3) is 0.600. The fourth-order valence-corrected chi connectivity index (χ4v) is 4.82. The monoisotopic (exact) mass is 326 g/mol. The predicted octanol–water partition coefficient (Wildman–Crippen LogP) is 1.47. The zero-order valence-electron chi connectivity index (χ0n) is 12.9. The zero-order valence-corrected chi connectivity index (χ0v) is 13.7. The molecular weight excluding hydrogens is 304 g/mol. The number of hydrogen-bond acceptors (Lipinski definition) is 5. The first-order valence-electron chi connectivity index (χ1n) is 7.55. The maximum Gasteiger partial charge on any atom is 0.243 e. The second-order valence-corrected chi connectivity index (χ2v) is 8.00. The Hall–Kier alpha value is -1.31. The molecule has 0 spiro atoms. The van der Waals surface area contributed by atoms with Crippen molar-refractivity contribution in [2.24, 2.45) is 11.7 Å². The lowest BCUT2D eigenvalue weighted by Crippen LogP contribution is -2.45. The van der Waals surface area contributed by atoms with Crippen LogP contribution in [0.4, 0.5) is 0 Å². The van der Waals surface area contributed by atoms with E-state index < -0.39 is 10.0 Å². The van der Waals surface area contributed by atoms with E-state index in [9.17, 15) is 8.42 Å². The zero-order chi connectivity index (χ0) is 15.9. The lowest BCUT2D eigenvalue weighted by molar-refractivity contribution is 0.174. The highest BCUT2D eigenvalue weighted by molar-refractivity contribution is 7.89. The van der Waals surface area contributed by atoms with Gasteiger partial charge in [-0.1, -0.05) is 0 Å². The Morgan fingerprint density at radius 1 is 1.32 bits per heavy atom. The molecule has 2 aliphatic heterocycles. The minimum atomic E-state index is -3.54. The smallest absolute Gasteiger partial charge is 0.243 e. The van der Waals surface area contributed by atoms with E-state index >= 15 is 0 Å². The molecule has 0 aliphatic carbocycles. The summed E-state index contributed by atoms with van der Waals surface area (Å²) in [6, 6.07) is 3.29. The van der Waals surface area contributed by atoms with Crippen LogP contribution in [0.25, 0.3) is 0 Å². The van der Waals surface area contributed by atoms with Gasteiger partial charge in [-0.05, 0) is 44.2 Å². The van der Waals surface area contributed by atoms with Crippen LogP contribution in [0.2, 0.25) is 0 Å². The third-order valence-corrected chi connectivity index (χ3v) is 6.46. The van der Waals surface area contributed by atoms with Gasteiger partial charge < -0.3 is 15.2 Å². The number of ether oxygens (including phenoxy) is 2. The number of aryl methyl sites for hydroxylation is 1. The average Bonchev–Trinajstić information content (AvgIpc) is 2.93. The van der Waals surface area contributed by atoms with Crippen molar-refractivity contribution in [3.8, 4) is 11.5 Å². The third-order valence-electron chi connectivity index (χ3n) is 4.45. The summed E-state index contributed by atoms with van der Waals surface area (Å²) in [4.78, 5) is 0.294. The summed E-state index contributed by atoms with van der Waals surface area (Å²) in [5, 5.41) is 0. The molecule has 2 N–H and O–H groups in total. The van der Waals surface area contributed by atoms with Gasteiger partial charge in [0.05, 0.1) is 4.90 Å². The second-order valence-electron chi connectivity index (χ2n) is 6.10. The first kappa shape index (κ1) is 15.6. The standard InChI is InChI=1S/C15H22N2O4S/c1-10-6-13-14(21-9-20-13)7-15(10)22(18,19)17-5-3-4-12(8-17)11(2)16/h6-7,11-12H,3-5,8-9,16H2,1-2H3. The number of benzene rings is 1. The van der Waals surface area contributed by atoms with Crippen LogP contribution in [0.15, 0.2) is 17.0 Å². The number of fused-ring (bicyclic) bond motifs is 1. The number of hydrogen-bond donors (Lipinski definition) is 1. The van der Waals surface area contributed by atoms with Crippen molar-refractivity contribution in [3.05, 3.63) is 17.7 Å². The van der Waals surface area contributed by atoms with Crippen molar-refractivity contribution < 1.29 is 17.9 Å². The number of nitrogens with two attached hydrogens (primary N) is 1. The van der Waals surface area contributed by atoms with Gasteiger partial charge >= 0.3 is 0 Å². The second kappa shape index (κ2) is 5.72. The van der Waals surface area contributed by atoms with E-state index in [4.69, 9.17) is 15.2 Å². The van der Waals surface area contributed by atoms with Gasteiger partial charge in [0.1, 0.15) is 0 Å². The molecule has 2 aliphatic rings. The van der Waals surface area contributed by atoms with Crippen molar-refractivity contribution in [2.45, 2.75) is 37.6 Å². The van der Waals surface area contributed by atoms with E-state index in [-0.39, 0.29) is 18.8 Å². The van der Waals surface area contributed by atoms with Gasteiger partial charge in [-0.25, -0.2) is 8.42 Å². The van der Waals surface area contributed by atoms with Crippen molar-refractivity contribution in [1.82, 2.24) is 4.31 Å². The summed E-state index contributed by atoms with van der Waals surface area (Å²) in [5.74, 6) is 1.30. The van der Waals surface area contributed by atoms with Gasteiger partial charge in [-0.3, -0.25) is 0 Å². The summed E-state index contributed by atoms with van der Waals surface area (Å²) < 4.78 is 38.1. The molecular formula is C15H22N2O4S. The maximum absolute atomic E-state index is 13.0. The molecule has 1 aromatic carbocycles. The summed E-state index contributed by atoms with van der Waals surface area (Å²) in [7, 11) is -3.54. The van der Waals surface area contributed by atoms with Crippen LogP contribution in [0, 0.1) is 12.8 Å². The number of sulfonamides is 1. The van der Waals surface area contributed by atoms with Crippen molar-refractivity contribution in [3.63, 3.8) is 0 Å². The van der Waals surface area contributed by atoms with Crippen molar-refractivity contribution in [1.29, 1.82) is 0 Å². The molecule has 0 bridgehead atoms.